The highest BCUT2D eigenvalue weighted by Gasteiger charge is 2.27. The number of halogens is 2. The molecule has 0 saturated carbocycles. The van der Waals surface area contributed by atoms with Crippen LogP contribution in [-0.4, -0.2) is 29.0 Å². The molecular formula is C20H22F2N4O. The maximum Gasteiger partial charge on any atom is 0.225 e. The fraction of sp³-hybridized carbons (Fsp3) is 0.450. The molecule has 5 nitrogen and oxygen atoms in total. The van der Waals surface area contributed by atoms with Crippen molar-refractivity contribution in [2.24, 2.45) is 5.92 Å². The number of carbonyl (C=O) groups excluding carboxylic acids is 1. The number of hydrogen-bond donors (Lipinski definition) is 1. The summed E-state index contributed by atoms with van der Waals surface area (Å²) in [7, 11) is 0. The van der Waals surface area contributed by atoms with E-state index in [4.69, 9.17) is 4.98 Å². The summed E-state index contributed by atoms with van der Waals surface area (Å²) in [5, 5.41) is 2.73. The Labute approximate surface area is 156 Å². The van der Waals surface area contributed by atoms with Crippen LogP contribution < -0.4 is 10.2 Å². The SMILES string of the molecule is O=C(NCc1cc(F)ccc1F)[C@H]1CCc2nc(N3CCCC3)ncc2C1. The van der Waals surface area contributed by atoms with E-state index in [0.29, 0.717) is 12.8 Å². The van der Waals surface area contributed by atoms with Crippen molar-refractivity contribution in [3.8, 4) is 0 Å². The fourth-order valence-corrected chi connectivity index (χ4v) is 3.80. The molecular weight excluding hydrogens is 350 g/mol. The molecule has 0 radical (unpaired) electrons. The van der Waals surface area contributed by atoms with Crippen LogP contribution in [0.1, 0.15) is 36.1 Å². The second kappa shape index (κ2) is 7.58. The van der Waals surface area contributed by atoms with E-state index in [0.717, 1.165) is 54.9 Å². The monoisotopic (exact) mass is 372 g/mol. The van der Waals surface area contributed by atoms with Gasteiger partial charge < -0.3 is 10.2 Å². The summed E-state index contributed by atoms with van der Waals surface area (Å²) in [6.07, 6.45) is 6.18. The molecule has 1 saturated heterocycles. The molecule has 1 aliphatic carbocycles. The normalized spacial score (nSPS) is 19.0. The number of nitrogens with zero attached hydrogens (tertiary/aromatic N) is 3. The zero-order valence-electron chi connectivity index (χ0n) is 15.0. The number of amides is 1. The van der Waals surface area contributed by atoms with Gasteiger partial charge in [-0.2, -0.15) is 0 Å². The van der Waals surface area contributed by atoms with E-state index in [1.807, 2.05) is 6.20 Å². The van der Waals surface area contributed by atoms with Gasteiger partial charge in [0.2, 0.25) is 11.9 Å². The summed E-state index contributed by atoms with van der Waals surface area (Å²) in [6, 6.07) is 3.25. The standard InChI is InChI=1S/C20H22F2N4O/c21-16-4-5-17(22)14(10-16)11-23-19(27)13-3-6-18-15(9-13)12-24-20(25-18)26-7-1-2-8-26/h4-5,10,12-13H,1-3,6-9,11H2,(H,23,27)/t13-/m0/s1. The number of aromatic nitrogens is 2. The van der Waals surface area contributed by atoms with Gasteiger partial charge in [0.15, 0.2) is 0 Å². The van der Waals surface area contributed by atoms with Gasteiger partial charge in [0.05, 0.1) is 0 Å². The van der Waals surface area contributed by atoms with Gasteiger partial charge >= 0.3 is 0 Å². The Hall–Kier alpha value is -2.57. The molecule has 2 heterocycles. The first kappa shape index (κ1) is 17.8. The quantitative estimate of drug-likeness (QED) is 0.897. The van der Waals surface area contributed by atoms with Gasteiger partial charge in [0, 0.05) is 43.0 Å². The van der Waals surface area contributed by atoms with E-state index in [1.54, 1.807) is 0 Å². The largest absolute Gasteiger partial charge is 0.352 e. The highest BCUT2D eigenvalue weighted by molar-refractivity contribution is 5.79. The number of anilines is 1. The predicted molar refractivity (Wildman–Crippen MR) is 97.2 cm³/mol. The lowest BCUT2D eigenvalue weighted by molar-refractivity contribution is -0.125. The molecule has 4 rings (SSSR count). The van der Waals surface area contributed by atoms with E-state index in [9.17, 15) is 13.6 Å². The zero-order chi connectivity index (χ0) is 18.8. The molecule has 1 fully saturated rings. The Morgan fingerprint density at radius 1 is 1.26 bits per heavy atom. The molecule has 142 valence electrons. The van der Waals surface area contributed by atoms with Crippen LogP contribution in [0.5, 0.6) is 0 Å². The van der Waals surface area contributed by atoms with Crippen molar-refractivity contribution in [2.45, 2.75) is 38.6 Å². The van der Waals surface area contributed by atoms with E-state index in [2.05, 4.69) is 15.2 Å². The lowest BCUT2D eigenvalue weighted by atomic mass is 9.86. The van der Waals surface area contributed by atoms with Gasteiger partial charge in [-0.3, -0.25) is 4.79 Å². The number of hydrogen-bond acceptors (Lipinski definition) is 4. The molecule has 1 N–H and O–H groups in total. The van der Waals surface area contributed by atoms with Gasteiger partial charge in [-0.1, -0.05) is 0 Å². The van der Waals surface area contributed by atoms with Crippen LogP contribution in [0.15, 0.2) is 24.4 Å². The highest BCUT2D eigenvalue weighted by atomic mass is 19.1. The average Bonchev–Trinajstić information content (AvgIpc) is 3.22. The smallest absolute Gasteiger partial charge is 0.225 e. The van der Waals surface area contributed by atoms with Gasteiger partial charge in [-0.15, -0.1) is 0 Å². The summed E-state index contributed by atoms with van der Waals surface area (Å²) in [5.41, 5.74) is 2.17. The minimum Gasteiger partial charge on any atom is -0.352 e. The average molecular weight is 372 g/mol. The lowest BCUT2D eigenvalue weighted by Crippen LogP contribution is -2.34. The van der Waals surface area contributed by atoms with Crippen LogP contribution in [0.4, 0.5) is 14.7 Å². The Morgan fingerprint density at radius 3 is 2.89 bits per heavy atom. The van der Waals surface area contributed by atoms with Gasteiger partial charge in [0.25, 0.3) is 0 Å². The number of aryl methyl sites for hydroxylation is 1. The van der Waals surface area contributed by atoms with Crippen LogP contribution in [0, 0.1) is 17.6 Å². The number of rotatable bonds is 4. The van der Waals surface area contributed by atoms with Crippen molar-refractivity contribution >= 4 is 11.9 Å². The van der Waals surface area contributed by atoms with Crippen LogP contribution in [0.2, 0.25) is 0 Å². The van der Waals surface area contributed by atoms with E-state index < -0.39 is 11.6 Å². The van der Waals surface area contributed by atoms with Crippen LogP contribution in [0.3, 0.4) is 0 Å². The fourth-order valence-electron chi connectivity index (χ4n) is 3.80. The maximum atomic E-state index is 13.7. The van der Waals surface area contributed by atoms with Crippen molar-refractivity contribution in [3.05, 3.63) is 52.9 Å². The zero-order valence-corrected chi connectivity index (χ0v) is 15.0. The third-order valence-electron chi connectivity index (χ3n) is 5.36. The van der Waals surface area contributed by atoms with Crippen molar-refractivity contribution in [1.82, 2.24) is 15.3 Å². The summed E-state index contributed by atoms with van der Waals surface area (Å²) >= 11 is 0. The summed E-state index contributed by atoms with van der Waals surface area (Å²) in [5.74, 6) is -0.592. The highest BCUT2D eigenvalue weighted by Crippen LogP contribution is 2.26. The third kappa shape index (κ3) is 3.91. The predicted octanol–water partition coefficient (Wildman–Crippen LogP) is 2.78. The lowest BCUT2D eigenvalue weighted by Gasteiger charge is -2.24. The molecule has 2 aliphatic rings. The Kier molecular flexibility index (Phi) is 5.01. The first-order valence-corrected chi connectivity index (χ1v) is 9.41. The minimum atomic E-state index is -0.520. The van der Waals surface area contributed by atoms with Crippen molar-refractivity contribution in [3.63, 3.8) is 0 Å². The molecule has 1 aliphatic heterocycles. The van der Waals surface area contributed by atoms with E-state index in [1.165, 1.54) is 12.8 Å². The number of fused-ring (bicyclic) bond motifs is 1. The van der Waals surface area contributed by atoms with Crippen LogP contribution >= 0.6 is 0 Å². The molecule has 1 amide bonds. The van der Waals surface area contributed by atoms with Gasteiger partial charge in [0.1, 0.15) is 11.6 Å². The van der Waals surface area contributed by atoms with Crippen molar-refractivity contribution in [1.29, 1.82) is 0 Å². The molecule has 0 bridgehead atoms. The minimum absolute atomic E-state index is 0.0177. The number of benzene rings is 1. The molecule has 7 heteroatoms. The van der Waals surface area contributed by atoms with Crippen LogP contribution in [0.25, 0.3) is 0 Å². The Balaban J connectivity index is 1.38. The Bertz CT molecular complexity index is 852. The molecule has 2 aromatic rings. The Morgan fingerprint density at radius 2 is 2.07 bits per heavy atom. The third-order valence-corrected chi connectivity index (χ3v) is 5.36. The van der Waals surface area contributed by atoms with Crippen molar-refractivity contribution < 1.29 is 13.6 Å². The first-order valence-electron chi connectivity index (χ1n) is 9.41. The number of nitrogens with one attached hydrogen (secondary N) is 1. The molecule has 0 unspecified atom stereocenters. The summed E-state index contributed by atoms with van der Waals surface area (Å²) < 4.78 is 26.9. The second-order valence-corrected chi connectivity index (χ2v) is 7.23. The molecule has 27 heavy (non-hydrogen) atoms. The number of carbonyl (C=O) groups is 1. The van der Waals surface area contributed by atoms with Gasteiger partial charge in [-0.25, -0.2) is 18.7 Å². The summed E-state index contributed by atoms with van der Waals surface area (Å²) in [4.78, 5) is 23.8. The molecule has 0 spiro atoms. The van der Waals surface area contributed by atoms with E-state index >= 15 is 0 Å². The van der Waals surface area contributed by atoms with Crippen molar-refractivity contribution in [2.75, 3.05) is 18.0 Å². The maximum absolute atomic E-state index is 13.7. The van der Waals surface area contributed by atoms with Crippen LogP contribution in [-0.2, 0) is 24.2 Å². The molecule has 1 aromatic carbocycles. The first-order chi connectivity index (χ1) is 13.1. The topological polar surface area (TPSA) is 58.1 Å². The second-order valence-electron chi connectivity index (χ2n) is 7.23. The van der Waals surface area contributed by atoms with Gasteiger partial charge in [-0.05, 0) is 55.9 Å². The van der Waals surface area contributed by atoms with E-state index in [-0.39, 0.29) is 23.9 Å². The molecule has 1 aromatic heterocycles. The molecule has 1 atom stereocenters. The summed E-state index contributed by atoms with van der Waals surface area (Å²) in [6.45, 7) is 1.98.